The van der Waals surface area contributed by atoms with Gasteiger partial charge in [0, 0.05) is 0 Å². The summed E-state index contributed by atoms with van der Waals surface area (Å²) < 4.78 is 0. The summed E-state index contributed by atoms with van der Waals surface area (Å²) in [7, 11) is 0. The van der Waals surface area contributed by atoms with E-state index in [1.54, 1.807) is 6.08 Å². The fourth-order valence-electron chi connectivity index (χ4n) is 0.592. The van der Waals surface area contributed by atoms with Crippen LogP contribution in [0.3, 0.4) is 0 Å². The number of carbonyl (C=O) groups is 1. The summed E-state index contributed by atoms with van der Waals surface area (Å²) in [5.74, 6) is 1.46. The number of amides is 1. The lowest BCUT2D eigenvalue weighted by atomic mass is 10.0. The molecular weight excluding hydrogens is 126 g/mol. The molecular formula is C8H11NO. The average molecular weight is 137 g/mol. The highest BCUT2D eigenvalue weighted by molar-refractivity contribution is 5.79. The standard InChI is InChI=1S/C8H11NO/c1-3-5-6-7(4-2)8(9)10/h2-3,7H,1,5-6H2,(H2,9,10). The van der Waals surface area contributed by atoms with Crippen molar-refractivity contribution in [2.24, 2.45) is 11.7 Å². The Morgan fingerprint density at radius 1 is 1.90 bits per heavy atom. The molecule has 2 nitrogen and oxygen atoms in total. The lowest BCUT2D eigenvalue weighted by Gasteiger charge is -2.01. The minimum Gasteiger partial charge on any atom is -0.369 e. The van der Waals surface area contributed by atoms with Gasteiger partial charge in [-0.3, -0.25) is 4.79 Å². The van der Waals surface area contributed by atoms with Gasteiger partial charge in [-0.1, -0.05) is 12.0 Å². The van der Waals surface area contributed by atoms with E-state index in [-0.39, 0.29) is 0 Å². The second kappa shape index (κ2) is 4.63. The van der Waals surface area contributed by atoms with Gasteiger partial charge < -0.3 is 5.73 Å². The number of primary amides is 1. The molecule has 1 amide bonds. The Balaban J connectivity index is 3.75. The molecule has 0 bridgehead atoms. The second-order valence-electron chi connectivity index (χ2n) is 1.99. The van der Waals surface area contributed by atoms with Gasteiger partial charge in [0.05, 0.1) is 5.92 Å². The van der Waals surface area contributed by atoms with Crippen LogP contribution in [0.1, 0.15) is 12.8 Å². The summed E-state index contributed by atoms with van der Waals surface area (Å²) in [6.45, 7) is 3.51. The molecule has 0 saturated carbocycles. The third kappa shape index (κ3) is 2.93. The first kappa shape index (κ1) is 8.77. The summed E-state index contributed by atoms with van der Waals surface area (Å²) in [5, 5.41) is 0. The van der Waals surface area contributed by atoms with Crippen molar-refractivity contribution >= 4 is 5.91 Å². The number of hydrogen-bond acceptors (Lipinski definition) is 1. The van der Waals surface area contributed by atoms with E-state index in [0.717, 1.165) is 6.42 Å². The Bertz CT molecular complexity index is 167. The average Bonchev–Trinajstić information content (AvgIpc) is 1.89. The Morgan fingerprint density at radius 2 is 2.50 bits per heavy atom. The maximum absolute atomic E-state index is 10.5. The van der Waals surface area contributed by atoms with Crippen LogP contribution < -0.4 is 5.73 Å². The van der Waals surface area contributed by atoms with Crippen molar-refractivity contribution in [3.63, 3.8) is 0 Å². The number of terminal acetylenes is 1. The second-order valence-corrected chi connectivity index (χ2v) is 1.99. The molecule has 54 valence electrons. The Hall–Kier alpha value is -1.23. The van der Waals surface area contributed by atoms with Crippen molar-refractivity contribution in [3.05, 3.63) is 12.7 Å². The van der Waals surface area contributed by atoms with E-state index in [1.807, 2.05) is 0 Å². The Labute approximate surface area is 61.1 Å². The molecule has 0 saturated heterocycles. The third-order valence-corrected chi connectivity index (χ3v) is 1.20. The van der Waals surface area contributed by atoms with Gasteiger partial charge in [0.15, 0.2) is 0 Å². The molecule has 0 heterocycles. The molecule has 0 aliphatic heterocycles. The first-order valence-electron chi connectivity index (χ1n) is 3.08. The van der Waals surface area contributed by atoms with E-state index in [9.17, 15) is 4.79 Å². The number of carbonyl (C=O) groups excluding carboxylic acids is 1. The van der Waals surface area contributed by atoms with Crippen molar-refractivity contribution in [1.82, 2.24) is 0 Å². The largest absolute Gasteiger partial charge is 0.369 e. The zero-order valence-electron chi connectivity index (χ0n) is 5.84. The van der Waals surface area contributed by atoms with Crippen LogP contribution in [-0.2, 0) is 4.79 Å². The molecule has 10 heavy (non-hydrogen) atoms. The van der Waals surface area contributed by atoms with Crippen molar-refractivity contribution in [3.8, 4) is 12.3 Å². The summed E-state index contributed by atoms with van der Waals surface area (Å²) >= 11 is 0. The van der Waals surface area contributed by atoms with Crippen molar-refractivity contribution in [2.45, 2.75) is 12.8 Å². The van der Waals surface area contributed by atoms with E-state index < -0.39 is 11.8 Å². The van der Waals surface area contributed by atoms with Gasteiger partial charge in [0.25, 0.3) is 0 Å². The van der Waals surface area contributed by atoms with Gasteiger partial charge in [0.2, 0.25) is 5.91 Å². The highest BCUT2D eigenvalue weighted by Crippen LogP contribution is 2.03. The quantitative estimate of drug-likeness (QED) is 0.449. The maximum atomic E-state index is 10.5. The molecule has 0 fully saturated rings. The molecule has 0 radical (unpaired) electrons. The fraction of sp³-hybridized carbons (Fsp3) is 0.375. The smallest absolute Gasteiger partial charge is 0.232 e. The molecule has 0 aliphatic rings. The molecule has 0 rings (SSSR count). The van der Waals surface area contributed by atoms with Crippen LogP contribution >= 0.6 is 0 Å². The van der Waals surface area contributed by atoms with E-state index in [4.69, 9.17) is 12.2 Å². The number of rotatable bonds is 4. The summed E-state index contributed by atoms with van der Waals surface area (Å²) in [5.41, 5.74) is 4.97. The lowest BCUT2D eigenvalue weighted by molar-refractivity contribution is -0.120. The maximum Gasteiger partial charge on any atom is 0.232 e. The van der Waals surface area contributed by atoms with E-state index in [1.165, 1.54) is 0 Å². The molecule has 0 aromatic carbocycles. The zero-order chi connectivity index (χ0) is 7.98. The summed E-state index contributed by atoms with van der Waals surface area (Å²) in [6, 6.07) is 0. The van der Waals surface area contributed by atoms with Crippen molar-refractivity contribution in [2.75, 3.05) is 0 Å². The molecule has 0 spiro atoms. The third-order valence-electron chi connectivity index (χ3n) is 1.20. The molecule has 0 aromatic heterocycles. The highest BCUT2D eigenvalue weighted by Gasteiger charge is 2.09. The van der Waals surface area contributed by atoms with Crippen LogP contribution in [0.4, 0.5) is 0 Å². The van der Waals surface area contributed by atoms with Gasteiger partial charge in [-0.05, 0) is 12.8 Å². The fourth-order valence-corrected chi connectivity index (χ4v) is 0.592. The molecule has 0 aromatic rings. The summed E-state index contributed by atoms with van der Waals surface area (Å²) in [4.78, 5) is 10.5. The monoisotopic (exact) mass is 137 g/mol. The predicted octanol–water partition coefficient (Wildman–Crippen LogP) is 0.687. The van der Waals surface area contributed by atoms with Gasteiger partial charge in [-0.15, -0.1) is 13.0 Å². The first-order chi connectivity index (χ1) is 4.72. The zero-order valence-corrected chi connectivity index (χ0v) is 5.84. The first-order valence-corrected chi connectivity index (χ1v) is 3.08. The normalized spacial score (nSPS) is 11.5. The Morgan fingerprint density at radius 3 is 2.80 bits per heavy atom. The molecule has 0 aliphatic carbocycles. The van der Waals surface area contributed by atoms with Crippen LogP contribution in [0.25, 0.3) is 0 Å². The van der Waals surface area contributed by atoms with Crippen LogP contribution in [0.15, 0.2) is 12.7 Å². The van der Waals surface area contributed by atoms with Crippen LogP contribution in [-0.4, -0.2) is 5.91 Å². The van der Waals surface area contributed by atoms with E-state index in [0.29, 0.717) is 6.42 Å². The van der Waals surface area contributed by atoms with Crippen LogP contribution in [0.2, 0.25) is 0 Å². The minimum absolute atomic E-state index is 0.427. The number of hydrogen-bond donors (Lipinski definition) is 1. The van der Waals surface area contributed by atoms with Crippen LogP contribution in [0, 0.1) is 18.3 Å². The highest BCUT2D eigenvalue weighted by atomic mass is 16.1. The SMILES string of the molecule is C#CC(CCC=C)C(N)=O. The van der Waals surface area contributed by atoms with E-state index in [2.05, 4.69) is 12.5 Å². The topological polar surface area (TPSA) is 43.1 Å². The lowest BCUT2D eigenvalue weighted by Crippen LogP contribution is -2.21. The predicted molar refractivity (Wildman–Crippen MR) is 40.9 cm³/mol. The summed E-state index contributed by atoms with van der Waals surface area (Å²) in [6.07, 6.45) is 8.09. The van der Waals surface area contributed by atoms with E-state index >= 15 is 0 Å². The number of allylic oxidation sites excluding steroid dienone is 1. The van der Waals surface area contributed by atoms with Gasteiger partial charge in [-0.25, -0.2) is 0 Å². The van der Waals surface area contributed by atoms with Gasteiger partial charge in [0.1, 0.15) is 0 Å². The van der Waals surface area contributed by atoms with Crippen LogP contribution in [0.5, 0.6) is 0 Å². The molecule has 1 unspecified atom stereocenters. The minimum atomic E-state index is -0.432. The number of nitrogens with two attached hydrogens (primary N) is 1. The van der Waals surface area contributed by atoms with Crippen molar-refractivity contribution in [1.29, 1.82) is 0 Å². The molecule has 1 atom stereocenters. The van der Waals surface area contributed by atoms with Crippen molar-refractivity contribution < 1.29 is 4.79 Å². The van der Waals surface area contributed by atoms with Gasteiger partial charge >= 0.3 is 0 Å². The Kier molecular flexibility index (Phi) is 4.06. The van der Waals surface area contributed by atoms with Gasteiger partial charge in [-0.2, -0.15) is 0 Å². The molecule has 2 N–H and O–H groups in total. The molecule has 2 heteroatoms.